The molecule has 3 aliphatic rings. The van der Waals surface area contributed by atoms with Gasteiger partial charge in [0.05, 0.1) is 18.6 Å². The van der Waals surface area contributed by atoms with E-state index in [0.717, 1.165) is 0 Å². The van der Waals surface area contributed by atoms with Gasteiger partial charge in [0.2, 0.25) is 0 Å². The molecule has 3 rings (SSSR count). The van der Waals surface area contributed by atoms with Gasteiger partial charge in [0.15, 0.2) is 0 Å². The highest BCUT2D eigenvalue weighted by Crippen LogP contribution is 2.50. The topological polar surface area (TPSA) is 52.6 Å². The van der Waals surface area contributed by atoms with Crippen LogP contribution in [0.4, 0.5) is 0 Å². The molecule has 3 heterocycles. The average Bonchev–Trinajstić information content (AvgIpc) is 2.68. The largest absolute Gasteiger partial charge is 0.393 e. The number of cyclic esters (lactones) is 2. The number of esters is 2. The number of fused-ring (bicyclic) bond motifs is 3. The molecule has 0 amide bonds. The van der Waals surface area contributed by atoms with E-state index in [-0.39, 0.29) is 18.6 Å². The van der Waals surface area contributed by atoms with E-state index in [1.165, 1.54) is 0 Å². The summed E-state index contributed by atoms with van der Waals surface area (Å²) in [4.78, 5) is 22.4. The summed E-state index contributed by atoms with van der Waals surface area (Å²) in [7, 11) is 0. The lowest BCUT2D eigenvalue weighted by Crippen LogP contribution is -2.34. The van der Waals surface area contributed by atoms with Crippen molar-refractivity contribution < 1.29 is 19.1 Å². The predicted octanol–water partition coefficient (Wildman–Crippen LogP) is 0.174. The van der Waals surface area contributed by atoms with Gasteiger partial charge >= 0.3 is 11.9 Å². The summed E-state index contributed by atoms with van der Waals surface area (Å²) in [6.45, 7) is 0. The number of carbonyl (C=O) groups excluding carboxylic acids is 2. The zero-order valence-electron chi connectivity index (χ0n) is 6.86. The summed E-state index contributed by atoms with van der Waals surface area (Å²) in [5.74, 6) is -0.830. The minimum atomic E-state index is -0.684. The average molecular weight is 180 g/mol. The Morgan fingerprint density at radius 3 is 2.69 bits per heavy atom. The Kier molecular flexibility index (Phi) is 1.12. The fourth-order valence-electron chi connectivity index (χ4n) is 2.35. The first-order valence-electron chi connectivity index (χ1n) is 4.30. The number of hydrogen-bond donors (Lipinski definition) is 0. The van der Waals surface area contributed by atoms with Crippen molar-refractivity contribution in [1.29, 1.82) is 0 Å². The Balaban J connectivity index is 2.03. The second-order valence-electron chi connectivity index (χ2n) is 3.78. The van der Waals surface area contributed by atoms with Crippen LogP contribution in [0.2, 0.25) is 0 Å². The van der Waals surface area contributed by atoms with Crippen LogP contribution in [0.15, 0.2) is 12.2 Å². The van der Waals surface area contributed by atoms with Crippen molar-refractivity contribution in [3.63, 3.8) is 0 Å². The third-order valence-electron chi connectivity index (χ3n) is 3.00. The molecule has 0 aromatic carbocycles. The standard InChI is InChI=1S/C9H8O4/c10-7-4-9(8(11)13-7)3-5-1-2-6(9)12-5/h1-2,5-6H,3-4H2/t5-,6+,9+/m0/s1. The molecule has 3 aliphatic heterocycles. The fraction of sp³-hybridized carbons (Fsp3) is 0.556. The molecule has 0 saturated carbocycles. The summed E-state index contributed by atoms with van der Waals surface area (Å²) < 4.78 is 10.0. The molecule has 0 radical (unpaired) electrons. The van der Waals surface area contributed by atoms with E-state index in [1.54, 1.807) is 0 Å². The normalized spacial score (nSPS) is 46.5. The number of rotatable bonds is 0. The van der Waals surface area contributed by atoms with Gasteiger partial charge in [0.1, 0.15) is 5.41 Å². The van der Waals surface area contributed by atoms with Crippen molar-refractivity contribution in [3.8, 4) is 0 Å². The number of carbonyl (C=O) groups is 2. The molecule has 2 saturated heterocycles. The van der Waals surface area contributed by atoms with E-state index in [0.29, 0.717) is 6.42 Å². The fourth-order valence-corrected chi connectivity index (χ4v) is 2.35. The van der Waals surface area contributed by atoms with Gasteiger partial charge in [0.25, 0.3) is 0 Å². The molecular formula is C9H8O4. The highest BCUT2D eigenvalue weighted by atomic mass is 16.6. The van der Waals surface area contributed by atoms with Gasteiger partial charge in [-0.25, -0.2) is 0 Å². The second kappa shape index (κ2) is 2.01. The zero-order valence-corrected chi connectivity index (χ0v) is 6.86. The van der Waals surface area contributed by atoms with Gasteiger partial charge in [-0.05, 0) is 6.42 Å². The first-order chi connectivity index (χ1) is 6.21. The summed E-state index contributed by atoms with van der Waals surface area (Å²) in [6, 6.07) is 0. The number of ether oxygens (including phenoxy) is 2. The van der Waals surface area contributed by atoms with Crippen LogP contribution in [0.3, 0.4) is 0 Å². The summed E-state index contributed by atoms with van der Waals surface area (Å²) in [5.41, 5.74) is -0.684. The maximum absolute atomic E-state index is 11.4. The minimum Gasteiger partial charge on any atom is -0.393 e. The Hall–Kier alpha value is -1.16. The lowest BCUT2D eigenvalue weighted by Gasteiger charge is -2.21. The molecular weight excluding hydrogens is 172 g/mol. The third-order valence-corrected chi connectivity index (χ3v) is 3.00. The van der Waals surface area contributed by atoms with Crippen LogP contribution in [0.25, 0.3) is 0 Å². The molecule has 0 aromatic heterocycles. The Bertz CT molecular complexity index is 333. The second-order valence-corrected chi connectivity index (χ2v) is 3.78. The molecule has 4 heteroatoms. The maximum atomic E-state index is 11.4. The molecule has 0 aromatic rings. The molecule has 2 fully saturated rings. The molecule has 0 N–H and O–H groups in total. The maximum Gasteiger partial charge on any atom is 0.323 e. The molecule has 2 bridgehead atoms. The highest BCUT2D eigenvalue weighted by Gasteiger charge is 2.61. The van der Waals surface area contributed by atoms with Crippen LogP contribution in [0.5, 0.6) is 0 Å². The monoisotopic (exact) mass is 180 g/mol. The molecule has 0 aliphatic carbocycles. The SMILES string of the molecule is O=C1C[C@@]2(C[C@@H]3C=C[C@H]2O3)C(=O)O1. The Labute approximate surface area is 74.5 Å². The van der Waals surface area contributed by atoms with E-state index in [9.17, 15) is 9.59 Å². The van der Waals surface area contributed by atoms with Gasteiger partial charge < -0.3 is 9.47 Å². The van der Waals surface area contributed by atoms with Crippen LogP contribution < -0.4 is 0 Å². The smallest absolute Gasteiger partial charge is 0.323 e. The van der Waals surface area contributed by atoms with Gasteiger partial charge in [-0.15, -0.1) is 0 Å². The third kappa shape index (κ3) is 0.740. The van der Waals surface area contributed by atoms with E-state index in [4.69, 9.17) is 4.74 Å². The Morgan fingerprint density at radius 1 is 1.38 bits per heavy atom. The van der Waals surface area contributed by atoms with Gasteiger partial charge in [-0.3, -0.25) is 9.59 Å². The van der Waals surface area contributed by atoms with E-state index in [2.05, 4.69) is 4.74 Å². The molecule has 4 nitrogen and oxygen atoms in total. The van der Waals surface area contributed by atoms with Crippen molar-refractivity contribution in [2.45, 2.75) is 25.0 Å². The first-order valence-corrected chi connectivity index (χ1v) is 4.30. The molecule has 68 valence electrons. The van der Waals surface area contributed by atoms with Crippen molar-refractivity contribution in [2.24, 2.45) is 5.41 Å². The van der Waals surface area contributed by atoms with E-state index >= 15 is 0 Å². The lowest BCUT2D eigenvalue weighted by atomic mass is 9.76. The summed E-state index contributed by atoms with van der Waals surface area (Å²) in [6.07, 6.45) is 4.33. The summed E-state index contributed by atoms with van der Waals surface area (Å²) in [5, 5.41) is 0. The van der Waals surface area contributed by atoms with Crippen LogP contribution in [0, 0.1) is 5.41 Å². The quantitative estimate of drug-likeness (QED) is 0.303. The minimum absolute atomic E-state index is 0.00319. The highest BCUT2D eigenvalue weighted by molar-refractivity contribution is 5.98. The van der Waals surface area contributed by atoms with Crippen molar-refractivity contribution in [1.82, 2.24) is 0 Å². The van der Waals surface area contributed by atoms with Crippen LogP contribution in [-0.2, 0) is 19.1 Å². The number of hydrogen-bond acceptors (Lipinski definition) is 4. The molecule has 3 atom stereocenters. The van der Waals surface area contributed by atoms with Crippen molar-refractivity contribution in [3.05, 3.63) is 12.2 Å². The van der Waals surface area contributed by atoms with Gasteiger partial charge in [0, 0.05) is 0 Å². The summed E-state index contributed by atoms with van der Waals surface area (Å²) >= 11 is 0. The molecule has 0 unspecified atom stereocenters. The Morgan fingerprint density at radius 2 is 2.23 bits per heavy atom. The van der Waals surface area contributed by atoms with Crippen LogP contribution >= 0.6 is 0 Å². The van der Waals surface area contributed by atoms with Crippen molar-refractivity contribution >= 4 is 11.9 Å². The molecule has 1 spiro atoms. The first kappa shape index (κ1) is 7.26. The van der Waals surface area contributed by atoms with Crippen LogP contribution in [-0.4, -0.2) is 24.1 Å². The molecule has 13 heavy (non-hydrogen) atoms. The van der Waals surface area contributed by atoms with Gasteiger partial charge in [-0.1, -0.05) is 12.2 Å². The lowest BCUT2D eigenvalue weighted by molar-refractivity contribution is -0.155. The predicted molar refractivity (Wildman–Crippen MR) is 40.6 cm³/mol. The van der Waals surface area contributed by atoms with E-state index < -0.39 is 17.4 Å². The van der Waals surface area contributed by atoms with Crippen molar-refractivity contribution in [2.75, 3.05) is 0 Å². The van der Waals surface area contributed by atoms with E-state index in [1.807, 2.05) is 12.2 Å². The van der Waals surface area contributed by atoms with Crippen LogP contribution in [0.1, 0.15) is 12.8 Å². The zero-order chi connectivity index (χ0) is 9.05. The van der Waals surface area contributed by atoms with Gasteiger partial charge in [-0.2, -0.15) is 0 Å².